The van der Waals surface area contributed by atoms with Crippen molar-refractivity contribution in [2.24, 2.45) is 0 Å². The van der Waals surface area contributed by atoms with Gasteiger partial charge in [0.25, 0.3) is 10.2 Å². The molecule has 1 rings (SSSR count). The first-order valence-corrected chi connectivity index (χ1v) is 7.98. The standard InChI is InChI=1S/C13H19F3N2O2S/c1-3-4-8-18(2)21(19,20)17-10-11-6-5-7-12(9-11)13(14,15)16/h5-7,9,17H,3-4,8,10H2,1-2H3. The van der Waals surface area contributed by atoms with E-state index in [0.29, 0.717) is 6.54 Å². The fourth-order valence-electron chi connectivity index (χ4n) is 1.64. The van der Waals surface area contributed by atoms with Crippen molar-refractivity contribution >= 4 is 10.2 Å². The van der Waals surface area contributed by atoms with E-state index in [0.717, 1.165) is 29.3 Å². The largest absolute Gasteiger partial charge is 0.416 e. The predicted molar refractivity (Wildman–Crippen MR) is 74.7 cm³/mol. The molecule has 0 spiro atoms. The van der Waals surface area contributed by atoms with Crippen LogP contribution in [-0.2, 0) is 22.9 Å². The Kier molecular flexibility index (Phi) is 6.18. The van der Waals surface area contributed by atoms with Crippen molar-refractivity contribution in [3.05, 3.63) is 35.4 Å². The second kappa shape index (κ2) is 7.24. The highest BCUT2D eigenvalue weighted by Gasteiger charge is 2.30. The van der Waals surface area contributed by atoms with Crippen LogP contribution in [0.1, 0.15) is 30.9 Å². The first kappa shape index (κ1) is 17.9. The molecule has 0 fully saturated rings. The third kappa shape index (κ3) is 5.64. The normalized spacial score (nSPS) is 12.9. The van der Waals surface area contributed by atoms with Gasteiger partial charge in [0, 0.05) is 20.1 Å². The summed E-state index contributed by atoms with van der Waals surface area (Å²) in [5.41, 5.74) is -0.532. The molecule has 8 heteroatoms. The van der Waals surface area contributed by atoms with Crippen molar-refractivity contribution in [3.63, 3.8) is 0 Å². The van der Waals surface area contributed by atoms with E-state index in [-0.39, 0.29) is 12.1 Å². The third-order valence-electron chi connectivity index (χ3n) is 2.95. The van der Waals surface area contributed by atoms with Gasteiger partial charge in [-0.05, 0) is 18.1 Å². The third-order valence-corrected chi connectivity index (χ3v) is 4.46. The van der Waals surface area contributed by atoms with Gasteiger partial charge in [0.05, 0.1) is 5.56 Å². The van der Waals surface area contributed by atoms with E-state index < -0.39 is 21.9 Å². The highest BCUT2D eigenvalue weighted by atomic mass is 32.2. The zero-order valence-corrected chi connectivity index (χ0v) is 12.8. The van der Waals surface area contributed by atoms with Crippen LogP contribution in [0.3, 0.4) is 0 Å². The van der Waals surface area contributed by atoms with E-state index in [2.05, 4.69) is 4.72 Å². The molecule has 0 saturated carbocycles. The lowest BCUT2D eigenvalue weighted by Gasteiger charge is -2.17. The lowest BCUT2D eigenvalue weighted by Crippen LogP contribution is -2.38. The molecule has 1 aromatic carbocycles. The van der Waals surface area contributed by atoms with Crippen molar-refractivity contribution in [2.45, 2.75) is 32.5 Å². The Hall–Kier alpha value is -1.12. The fraction of sp³-hybridized carbons (Fsp3) is 0.538. The summed E-state index contributed by atoms with van der Waals surface area (Å²) in [5, 5.41) is 0. The van der Waals surface area contributed by atoms with Crippen LogP contribution in [0, 0.1) is 0 Å². The van der Waals surface area contributed by atoms with Crippen LogP contribution >= 0.6 is 0 Å². The minimum absolute atomic E-state index is 0.178. The summed E-state index contributed by atoms with van der Waals surface area (Å²) in [6.07, 6.45) is -2.86. The van der Waals surface area contributed by atoms with Crippen molar-refractivity contribution in [1.29, 1.82) is 0 Å². The van der Waals surface area contributed by atoms with E-state index in [1.807, 2.05) is 6.92 Å². The van der Waals surface area contributed by atoms with Crippen molar-refractivity contribution < 1.29 is 21.6 Å². The number of hydrogen-bond donors (Lipinski definition) is 1. The molecule has 0 unspecified atom stereocenters. The van der Waals surface area contributed by atoms with Gasteiger partial charge in [0.2, 0.25) is 0 Å². The summed E-state index contributed by atoms with van der Waals surface area (Å²) < 4.78 is 64.9. The van der Waals surface area contributed by atoms with Gasteiger partial charge in [-0.3, -0.25) is 0 Å². The summed E-state index contributed by atoms with van der Waals surface area (Å²) in [6, 6.07) is 4.59. The number of nitrogens with one attached hydrogen (secondary N) is 1. The average Bonchev–Trinajstić information content (AvgIpc) is 2.42. The van der Waals surface area contributed by atoms with Crippen LogP contribution in [-0.4, -0.2) is 26.3 Å². The summed E-state index contributed by atoms with van der Waals surface area (Å²) in [4.78, 5) is 0. The molecule has 1 N–H and O–H groups in total. The van der Waals surface area contributed by atoms with Crippen molar-refractivity contribution in [2.75, 3.05) is 13.6 Å². The monoisotopic (exact) mass is 324 g/mol. The highest BCUT2D eigenvalue weighted by Crippen LogP contribution is 2.29. The molecule has 0 radical (unpaired) electrons. The number of rotatable bonds is 7. The molecule has 0 aliphatic heterocycles. The topological polar surface area (TPSA) is 49.4 Å². The zero-order chi connectivity index (χ0) is 16.1. The Balaban J connectivity index is 2.71. The molecule has 1 aromatic rings. The van der Waals surface area contributed by atoms with E-state index in [1.54, 1.807) is 0 Å². The molecule has 0 aromatic heterocycles. The summed E-state index contributed by atoms with van der Waals surface area (Å²) >= 11 is 0. The van der Waals surface area contributed by atoms with E-state index in [4.69, 9.17) is 0 Å². The minimum atomic E-state index is -4.44. The maximum Gasteiger partial charge on any atom is 0.416 e. The van der Waals surface area contributed by atoms with Crippen molar-refractivity contribution in [3.8, 4) is 0 Å². The van der Waals surface area contributed by atoms with E-state index >= 15 is 0 Å². The highest BCUT2D eigenvalue weighted by molar-refractivity contribution is 7.87. The average molecular weight is 324 g/mol. The molecular formula is C13H19F3N2O2S. The number of halogens is 3. The van der Waals surface area contributed by atoms with Crippen LogP contribution in [0.5, 0.6) is 0 Å². The molecule has 4 nitrogen and oxygen atoms in total. The molecule has 0 heterocycles. The molecule has 0 saturated heterocycles. The Morgan fingerprint density at radius 3 is 2.52 bits per heavy atom. The maximum atomic E-state index is 12.6. The van der Waals surface area contributed by atoms with Gasteiger partial charge in [0.15, 0.2) is 0 Å². The quantitative estimate of drug-likeness (QED) is 0.838. The number of unbranched alkanes of at least 4 members (excludes halogenated alkanes) is 1. The Labute approximate surface area is 123 Å². The summed E-state index contributed by atoms with van der Waals surface area (Å²) in [6.45, 7) is 2.13. The van der Waals surface area contributed by atoms with Gasteiger partial charge in [-0.2, -0.15) is 30.6 Å². The smallest absolute Gasteiger partial charge is 0.198 e. The number of nitrogens with zero attached hydrogens (tertiary/aromatic N) is 1. The Morgan fingerprint density at radius 2 is 1.95 bits per heavy atom. The van der Waals surface area contributed by atoms with E-state index in [9.17, 15) is 21.6 Å². The van der Waals surface area contributed by atoms with Crippen molar-refractivity contribution in [1.82, 2.24) is 9.03 Å². The lowest BCUT2D eigenvalue weighted by atomic mass is 10.1. The van der Waals surface area contributed by atoms with Gasteiger partial charge in [-0.15, -0.1) is 0 Å². The number of alkyl halides is 3. The summed E-state index contributed by atoms with van der Waals surface area (Å²) in [5.74, 6) is 0. The molecule has 0 aliphatic rings. The fourth-order valence-corrected chi connectivity index (χ4v) is 2.58. The van der Waals surface area contributed by atoms with Gasteiger partial charge in [-0.25, -0.2) is 0 Å². The molecular weight excluding hydrogens is 305 g/mol. The second-order valence-corrected chi connectivity index (χ2v) is 6.56. The Bertz CT molecular complexity index is 559. The molecule has 21 heavy (non-hydrogen) atoms. The second-order valence-electron chi connectivity index (χ2n) is 4.70. The maximum absolute atomic E-state index is 12.6. The van der Waals surface area contributed by atoms with Gasteiger partial charge >= 0.3 is 6.18 Å². The van der Waals surface area contributed by atoms with Crippen LogP contribution in [0.2, 0.25) is 0 Å². The predicted octanol–water partition coefficient (Wildman–Crippen LogP) is 2.77. The van der Waals surface area contributed by atoms with Crippen LogP contribution < -0.4 is 4.72 Å². The SMILES string of the molecule is CCCCN(C)S(=O)(=O)NCc1cccc(C(F)(F)F)c1. The minimum Gasteiger partial charge on any atom is -0.198 e. The summed E-state index contributed by atoms with van der Waals surface area (Å²) in [7, 11) is -2.24. The number of benzene rings is 1. The molecule has 0 amide bonds. The lowest BCUT2D eigenvalue weighted by molar-refractivity contribution is -0.137. The van der Waals surface area contributed by atoms with Crippen LogP contribution in [0.15, 0.2) is 24.3 Å². The van der Waals surface area contributed by atoms with Crippen LogP contribution in [0.4, 0.5) is 13.2 Å². The zero-order valence-electron chi connectivity index (χ0n) is 11.9. The van der Waals surface area contributed by atoms with Gasteiger partial charge < -0.3 is 0 Å². The molecule has 0 atom stereocenters. The van der Waals surface area contributed by atoms with Gasteiger partial charge in [0.1, 0.15) is 0 Å². The number of hydrogen-bond acceptors (Lipinski definition) is 2. The van der Waals surface area contributed by atoms with E-state index in [1.165, 1.54) is 19.2 Å². The molecule has 0 bridgehead atoms. The first-order valence-electron chi connectivity index (χ1n) is 6.54. The van der Waals surface area contributed by atoms with Gasteiger partial charge in [-0.1, -0.05) is 31.5 Å². The first-order chi connectivity index (χ1) is 9.66. The molecule has 0 aliphatic carbocycles. The Morgan fingerprint density at radius 1 is 1.29 bits per heavy atom. The van der Waals surface area contributed by atoms with Crippen LogP contribution in [0.25, 0.3) is 0 Å². The molecule has 120 valence electrons.